The standard InChI is InChI=1S/C13H10F2N4/c1-17-12-9(14)6-10(15)13(19-12)18-11-5-3-2-4-8(11)7-16/h2-6H,1H3,(H2,17,18,19). The summed E-state index contributed by atoms with van der Waals surface area (Å²) >= 11 is 0. The molecule has 2 N–H and O–H groups in total. The van der Waals surface area contributed by atoms with Gasteiger partial charge in [-0.3, -0.25) is 0 Å². The fourth-order valence-electron chi connectivity index (χ4n) is 1.55. The largest absolute Gasteiger partial charge is 0.371 e. The predicted molar refractivity (Wildman–Crippen MR) is 68.1 cm³/mol. The van der Waals surface area contributed by atoms with E-state index in [4.69, 9.17) is 5.26 Å². The molecule has 96 valence electrons. The highest BCUT2D eigenvalue weighted by Crippen LogP contribution is 2.24. The number of para-hydroxylation sites is 1. The molecule has 0 fully saturated rings. The third-order valence-electron chi connectivity index (χ3n) is 2.47. The van der Waals surface area contributed by atoms with Crippen LogP contribution in [0, 0.1) is 23.0 Å². The molecule has 0 spiro atoms. The maximum Gasteiger partial charge on any atom is 0.169 e. The molecule has 19 heavy (non-hydrogen) atoms. The summed E-state index contributed by atoms with van der Waals surface area (Å²) in [6.07, 6.45) is 0. The number of hydrogen-bond donors (Lipinski definition) is 2. The molecule has 0 unspecified atom stereocenters. The molecule has 0 amide bonds. The van der Waals surface area contributed by atoms with E-state index in [0.29, 0.717) is 11.3 Å². The fourth-order valence-corrected chi connectivity index (χ4v) is 1.55. The van der Waals surface area contributed by atoms with Gasteiger partial charge < -0.3 is 10.6 Å². The molecule has 6 heteroatoms. The maximum absolute atomic E-state index is 13.6. The van der Waals surface area contributed by atoms with Gasteiger partial charge in [-0.15, -0.1) is 0 Å². The van der Waals surface area contributed by atoms with Crippen molar-refractivity contribution in [3.05, 3.63) is 47.5 Å². The monoisotopic (exact) mass is 260 g/mol. The van der Waals surface area contributed by atoms with Crippen LogP contribution in [0.2, 0.25) is 0 Å². The van der Waals surface area contributed by atoms with E-state index < -0.39 is 11.6 Å². The molecule has 0 aliphatic carbocycles. The van der Waals surface area contributed by atoms with E-state index in [1.54, 1.807) is 24.3 Å². The first-order chi connectivity index (χ1) is 9.15. The number of rotatable bonds is 3. The summed E-state index contributed by atoms with van der Waals surface area (Å²) in [7, 11) is 1.48. The molecule has 0 atom stereocenters. The highest BCUT2D eigenvalue weighted by Gasteiger charge is 2.12. The van der Waals surface area contributed by atoms with Crippen molar-refractivity contribution in [1.29, 1.82) is 5.26 Å². The normalized spacial score (nSPS) is 9.79. The van der Waals surface area contributed by atoms with Crippen molar-refractivity contribution in [3.63, 3.8) is 0 Å². The average Bonchev–Trinajstić information content (AvgIpc) is 2.42. The first-order valence-electron chi connectivity index (χ1n) is 5.45. The van der Waals surface area contributed by atoms with Crippen molar-refractivity contribution in [2.24, 2.45) is 0 Å². The lowest BCUT2D eigenvalue weighted by Gasteiger charge is -2.10. The van der Waals surface area contributed by atoms with Crippen LogP contribution in [0.1, 0.15) is 5.56 Å². The molecule has 0 aliphatic heterocycles. The van der Waals surface area contributed by atoms with Crippen LogP contribution in [0.15, 0.2) is 30.3 Å². The average molecular weight is 260 g/mol. The lowest BCUT2D eigenvalue weighted by molar-refractivity contribution is 0.580. The molecular weight excluding hydrogens is 250 g/mol. The quantitative estimate of drug-likeness (QED) is 0.890. The van der Waals surface area contributed by atoms with Crippen molar-refractivity contribution >= 4 is 17.3 Å². The summed E-state index contributed by atoms with van der Waals surface area (Å²) in [5.74, 6) is -1.82. The summed E-state index contributed by atoms with van der Waals surface area (Å²) in [6.45, 7) is 0. The van der Waals surface area contributed by atoms with Gasteiger partial charge in [-0.1, -0.05) is 12.1 Å². The van der Waals surface area contributed by atoms with Gasteiger partial charge in [0.25, 0.3) is 0 Å². The van der Waals surface area contributed by atoms with Crippen LogP contribution >= 0.6 is 0 Å². The minimum Gasteiger partial charge on any atom is -0.371 e. The summed E-state index contributed by atoms with van der Waals surface area (Å²) in [4.78, 5) is 3.78. The van der Waals surface area contributed by atoms with E-state index in [0.717, 1.165) is 6.07 Å². The molecule has 0 aliphatic rings. The third-order valence-corrected chi connectivity index (χ3v) is 2.47. The lowest BCUT2D eigenvalue weighted by atomic mass is 10.2. The van der Waals surface area contributed by atoms with Gasteiger partial charge in [0, 0.05) is 13.1 Å². The second kappa shape index (κ2) is 5.31. The lowest BCUT2D eigenvalue weighted by Crippen LogP contribution is -2.04. The Balaban J connectivity index is 2.41. The molecule has 1 aromatic heterocycles. The smallest absolute Gasteiger partial charge is 0.169 e. The molecule has 1 aromatic carbocycles. The Morgan fingerprint density at radius 1 is 1.16 bits per heavy atom. The maximum atomic E-state index is 13.6. The van der Waals surface area contributed by atoms with Crippen molar-refractivity contribution in [2.75, 3.05) is 17.7 Å². The third kappa shape index (κ3) is 2.60. The van der Waals surface area contributed by atoms with Crippen LogP contribution in [0.4, 0.5) is 26.1 Å². The molecule has 0 radical (unpaired) electrons. The topological polar surface area (TPSA) is 60.7 Å². The van der Waals surface area contributed by atoms with Crippen molar-refractivity contribution in [2.45, 2.75) is 0 Å². The number of pyridine rings is 1. The fraction of sp³-hybridized carbons (Fsp3) is 0.0769. The predicted octanol–water partition coefficient (Wildman–Crippen LogP) is 3.02. The number of halogens is 2. The van der Waals surface area contributed by atoms with E-state index in [9.17, 15) is 8.78 Å². The van der Waals surface area contributed by atoms with E-state index in [1.807, 2.05) is 6.07 Å². The van der Waals surface area contributed by atoms with Crippen LogP contribution in [-0.2, 0) is 0 Å². The molecule has 1 heterocycles. The van der Waals surface area contributed by atoms with E-state index in [2.05, 4.69) is 15.6 Å². The number of nitrogens with one attached hydrogen (secondary N) is 2. The molecule has 0 bridgehead atoms. The molecule has 0 saturated heterocycles. The Labute approximate surface area is 108 Å². The molecule has 4 nitrogen and oxygen atoms in total. The molecule has 2 aromatic rings. The van der Waals surface area contributed by atoms with Gasteiger partial charge in [0.1, 0.15) is 6.07 Å². The van der Waals surface area contributed by atoms with Crippen LogP contribution in [0.25, 0.3) is 0 Å². The van der Waals surface area contributed by atoms with Crippen LogP contribution in [-0.4, -0.2) is 12.0 Å². The Kier molecular flexibility index (Phi) is 3.57. The van der Waals surface area contributed by atoms with E-state index in [1.165, 1.54) is 7.05 Å². The van der Waals surface area contributed by atoms with E-state index in [-0.39, 0.29) is 11.6 Å². The number of nitriles is 1. The van der Waals surface area contributed by atoms with Gasteiger partial charge in [0.05, 0.1) is 11.3 Å². The van der Waals surface area contributed by atoms with Crippen molar-refractivity contribution in [3.8, 4) is 6.07 Å². The number of nitrogens with zero attached hydrogens (tertiary/aromatic N) is 2. The van der Waals surface area contributed by atoms with Crippen LogP contribution < -0.4 is 10.6 Å². The van der Waals surface area contributed by atoms with Gasteiger partial charge in [0.2, 0.25) is 0 Å². The van der Waals surface area contributed by atoms with Crippen molar-refractivity contribution < 1.29 is 8.78 Å². The van der Waals surface area contributed by atoms with Crippen LogP contribution in [0.5, 0.6) is 0 Å². The highest BCUT2D eigenvalue weighted by atomic mass is 19.1. The minimum atomic E-state index is -0.829. The summed E-state index contributed by atoms with van der Waals surface area (Å²) in [5.41, 5.74) is 0.754. The van der Waals surface area contributed by atoms with E-state index >= 15 is 0 Å². The van der Waals surface area contributed by atoms with Crippen LogP contribution in [0.3, 0.4) is 0 Å². The Morgan fingerprint density at radius 2 is 1.84 bits per heavy atom. The Morgan fingerprint density at radius 3 is 2.53 bits per heavy atom. The first-order valence-corrected chi connectivity index (χ1v) is 5.45. The minimum absolute atomic E-state index is 0.0710. The first kappa shape index (κ1) is 12.8. The van der Waals surface area contributed by atoms with Crippen molar-refractivity contribution in [1.82, 2.24) is 4.98 Å². The summed E-state index contributed by atoms with van der Waals surface area (Å²) in [5, 5.41) is 14.1. The molecule has 2 rings (SSSR count). The van der Waals surface area contributed by atoms with Gasteiger partial charge >= 0.3 is 0 Å². The molecular formula is C13H10F2N4. The zero-order chi connectivity index (χ0) is 13.8. The summed E-state index contributed by atoms with van der Waals surface area (Å²) in [6, 6.07) is 9.29. The SMILES string of the molecule is CNc1nc(Nc2ccccc2C#N)c(F)cc1F. The highest BCUT2D eigenvalue weighted by molar-refractivity contribution is 5.65. The van der Waals surface area contributed by atoms with Gasteiger partial charge in [-0.25, -0.2) is 13.8 Å². The van der Waals surface area contributed by atoms with Gasteiger partial charge in [-0.05, 0) is 12.1 Å². The Hall–Kier alpha value is -2.68. The zero-order valence-corrected chi connectivity index (χ0v) is 10.0. The Bertz CT molecular complexity index is 650. The second-order valence-corrected chi connectivity index (χ2v) is 3.68. The molecule has 0 saturated carbocycles. The van der Waals surface area contributed by atoms with Gasteiger partial charge in [-0.2, -0.15) is 5.26 Å². The van der Waals surface area contributed by atoms with Gasteiger partial charge in [0.15, 0.2) is 23.3 Å². The number of anilines is 3. The second-order valence-electron chi connectivity index (χ2n) is 3.68. The zero-order valence-electron chi connectivity index (χ0n) is 10.0. The summed E-state index contributed by atoms with van der Waals surface area (Å²) < 4.78 is 26.9. The number of aromatic nitrogens is 1. The number of benzene rings is 1. The number of hydrogen-bond acceptors (Lipinski definition) is 4.